The number of hydrogen-bond donors (Lipinski definition) is 1. The number of rotatable bonds is 3. The molecule has 112 valence electrons. The van der Waals surface area contributed by atoms with Gasteiger partial charge in [-0.2, -0.15) is 13.2 Å². The van der Waals surface area contributed by atoms with E-state index in [0.29, 0.717) is 5.56 Å². The van der Waals surface area contributed by atoms with E-state index < -0.39 is 23.4 Å². The molecule has 0 radical (unpaired) electrons. The fraction of sp³-hybridized carbons (Fsp3) is 0.600. The van der Waals surface area contributed by atoms with Gasteiger partial charge in [-0.3, -0.25) is 0 Å². The van der Waals surface area contributed by atoms with E-state index in [1.165, 1.54) is 12.1 Å². The molecule has 1 aromatic rings. The molecule has 2 nitrogen and oxygen atoms in total. The molecule has 0 aliphatic heterocycles. The first-order chi connectivity index (χ1) is 9.39. The summed E-state index contributed by atoms with van der Waals surface area (Å²) in [5, 5.41) is 0. The number of benzene rings is 1. The maximum absolute atomic E-state index is 12.6. The van der Waals surface area contributed by atoms with Crippen LogP contribution in [0.5, 0.6) is 0 Å². The monoisotopic (exact) mass is 287 g/mol. The Morgan fingerprint density at radius 1 is 1.10 bits per heavy atom. The molecular weight excluding hydrogens is 267 g/mol. The van der Waals surface area contributed by atoms with Crippen LogP contribution in [0.4, 0.5) is 13.2 Å². The Hall–Kier alpha value is -1.07. The summed E-state index contributed by atoms with van der Waals surface area (Å²) in [6, 6.07) is 4.70. The number of alkyl halides is 3. The first-order valence-electron chi connectivity index (χ1n) is 6.87. The molecule has 1 aliphatic rings. The third-order valence-electron chi connectivity index (χ3n) is 4.27. The van der Waals surface area contributed by atoms with Gasteiger partial charge in [0.25, 0.3) is 0 Å². The summed E-state index contributed by atoms with van der Waals surface area (Å²) >= 11 is 0. The fourth-order valence-corrected chi connectivity index (χ4v) is 2.98. The largest absolute Gasteiger partial charge is 0.416 e. The van der Waals surface area contributed by atoms with Crippen molar-refractivity contribution in [2.24, 2.45) is 5.73 Å². The second kappa shape index (κ2) is 5.74. The second-order valence-corrected chi connectivity index (χ2v) is 5.43. The Kier molecular flexibility index (Phi) is 4.39. The van der Waals surface area contributed by atoms with Crippen molar-refractivity contribution < 1.29 is 17.9 Å². The van der Waals surface area contributed by atoms with Crippen molar-refractivity contribution >= 4 is 0 Å². The van der Waals surface area contributed by atoms with Gasteiger partial charge in [0, 0.05) is 7.11 Å². The molecule has 0 bridgehead atoms. The SMILES string of the molecule is COC1(C(N)c2ccc(C(F)(F)F)cc2)CCCCC1. The standard InChI is InChI=1S/C15H20F3NO/c1-20-14(9-3-2-4-10-14)13(19)11-5-7-12(8-6-11)15(16,17)18/h5-8,13H,2-4,9-10,19H2,1H3. The van der Waals surface area contributed by atoms with Crippen LogP contribution < -0.4 is 5.73 Å². The summed E-state index contributed by atoms with van der Waals surface area (Å²) in [7, 11) is 1.63. The average molecular weight is 287 g/mol. The Labute approximate surface area is 117 Å². The van der Waals surface area contributed by atoms with E-state index in [0.717, 1.165) is 44.2 Å². The summed E-state index contributed by atoms with van der Waals surface area (Å²) in [4.78, 5) is 0. The second-order valence-electron chi connectivity index (χ2n) is 5.43. The summed E-state index contributed by atoms with van der Waals surface area (Å²) < 4.78 is 43.3. The number of hydrogen-bond acceptors (Lipinski definition) is 2. The molecule has 1 fully saturated rings. The summed E-state index contributed by atoms with van der Waals surface area (Å²) in [6.07, 6.45) is 0.638. The van der Waals surface area contributed by atoms with Crippen molar-refractivity contribution in [2.75, 3.05) is 7.11 Å². The normalized spacial score (nSPS) is 20.6. The van der Waals surface area contributed by atoms with E-state index in [-0.39, 0.29) is 0 Å². The number of halogens is 3. The molecule has 1 aliphatic carbocycles. The topological polar surface area (TPSA) is 35.2 Å². The minimum Gasteiger partial charge on any atom is -0.376 e. The zero-order chi connectivity index (χ0) is 14.8. The fourth-order valence-electron chi connectivity index (χ4n) is 2.98. The van der Waals surface area contributed by atoms with E-state index in [2.05, 4.69) is 0 Å². The highest BCUT2D eigenvalue weighted by Gasteiger charge is 2.39. The maximum Gasteiger partial charge on any atom is 0.416 e. The van der Waals surface area contributed by atoms with Crippen molar-refractivity contribution in [2.45, 2.75) is 49.9 Å². The Balaban J connectivity index is 2.21. The minimum atomic E-state index is -4.31. The molecule has 20 heavy (non-hydrogen) atoms. The lowest BCUT2D eigenvalue weighted by Gasteiger charge is -2.41. The van der Waals surface area contributed by atoms with Crippen LogP contribution in [0.1, 0.15) is 49.3 Å². The highest BCUT2D eigenvalue weighted by Crippen LogP contribution is 2.40. The quantitative estimate of drug-likeness (QED) is 0.910. The van der Waals surface area contributed by atoms with Crippen LogP contribution in [0.2, 0.25) is 0 Å². The van der Waals surface area contributed by atoms with E-state index in [9.17, 15) is 13.2 Å². The van der Waals surface area contributed by atoms with Crippen LogP contribution in [0, 0.1) is 0 Å². The predicted octanol–water partition coefficient (Wildman–Crippen LogP) is 4.05. The first kappa shape index (κ1) is 15.3. The lowest BCUT2D eigenvalue weighted by Crippen LogP contribution is -2.44. The van der Waals surface area contributed by atoms with E-state index in [4.69, 9.17) is 10.5 Å². The van der Waals surface area contributed by atoms with Crippen LogP contribution in [0.15, 0.2) is 24.3 Å². The number of nitrogens with two attached hydrogens (primary N) is 1. The lowest BCUT2D eigenvalue weighted by molar-refractivity contribution is -0.137. The van der Waals surface area contributed by atoms with Gasteiger partial charge in [0.1, 0.15) is 0 Å². The molecule has 1 unspecified atom stereocenters. The number of ether oxygens (including phenoxy) is 1. The number of methoxy groups -OCH3 is 1. The van der Waals surface area contributed by atoms with Crippen LogP contribution in [0.25, 0.3) is 0 Å². The first-order valence-corrected chi connectivity index (χ1v) is 6.87. The smallest absolute Gasteiger partial charge is 0.376 e. The van der Waals surface area contributed by atoms with Gasteiger partial charge in [-0.05, 0) is 30.5 Å². The van der Waals surface area contributed by atoms with Gasteiger partial charge in [0.05, 0.1) is 17.2 Å². The lowest BCUT2D eigenvalue weighted by atomic mass is 9.77. The van der Waals surface area contributed by atoms with Crippen molar-refractivity contribution in [3.05, 3.63) is 35.4 Å². The van der Waals surface area contributed by atoms with Gasteiger partial charge in [-0.15, -0.1) is 0 Å². The van der Waals surface area contributed by atoms with Gasteiger partial charge in [0.15, 0.2) is 0 Å². The molecule has 1 aromatic carbocycles. The molecule has 2 N–H and O–H groups in total. The van der Waals surface area contributed by atoms with Gasteiger partial charge in [0.2, 0.25) is 0 Å². The van der Waals surface area contributed by atoms with Crippen LogP contribution in [0.3, 0.4) is 0 Å². The summed E-state index contributed by atoms with van der Waals surface area (Å²) in [6.45, 7) is 0. The van der Waals surface area contributed by atoms with Gasteiger partial charge in [-0.25, -0.2) is 0 Å². The van der Waals surface area contributed by atoms with Crippen LogP contribution in [-0.2, 0) is 10.9 Å². The highest BCUT2D eigenvalue weighted by atomic mass is 19.4. The van der Waals surface area contributed by atoms with Gasteiger partial charge in [-0.1, -0.05) is 31.4 Å². The third-order valence-corrected chi connectivity index (χ3v) is 4.27. The molecule has 0 saturated heterocycles. The van der Waals surface area contributed by atoms with Crippen molar-refractivity contribution in [1.82, 2.24) is 0 Å². The molecule has 2 rings (SSSR count). The van der Waals surface area contributed by atoms with Gasteiger partial charge < -0.3 is 10.5 Å². The summed E-state index contributed by atoms with van der Waals surface area (Å²) in [5.41, 5.74) is 5.87. The Bertz CT molecular complexity index is 435. The molecule has 0 heterocycles. The minimum absolute atomic E-state index is 0.393. The van der Waals surface area contributed by atoms with E-state index in [1.807, 2.05) is 0 Å². The Morgan fingerprint density at radius 3 is 2.10 bits per heavy atom. The highest BCUT2D eigenvalue weighted by molar-refractivity contribution is 5.28. The molecule has 0 spiro atoms. The zero-order valence-electron chi connectivity index (χ0n) is 11.5. The average Bonchev–Trinajstić information content (AvgIpc) is 2.46. The van der Waals surface area contributed by atoms with Crippen molar-refractivity contribution in [1.29, 1.82) is 0 Å². The van der Waals surface area contributed by atoms with Gasteiger partial charge >= 0.3 is 6.18 Å². The summed E-state index contributed by atoms with van der Waals surface area (Å²) in [5.74, 6) is 0. The molecule has 1 saturated carbocycles. The van der Waals surface area contributed by atoms with Crippen molar-refractivity contribution in [3.8, 4) is 0 Å². The third kappa shape index (κ3) is 2.99. The van der Waals surface area contributed by atoms with Crippen LogP contribution in [-0.4, -0.2) is 12.7 Å². The molecule has 0 amide bonds. The predicted molar refractivity (Wildman–Crippen MR) is 71.2 cm³/mol. The molecular formula is C15H20F3NO. The van der Waals surface area contributed by atoms with E-state index >= 15 is 0 Å². The van der Waals surface area contributed by atoms with Crippen molar-refractivity contribution in [3.63, 3.8) is 0 Å². The molecule has 5 heteroatoms. The zero-order valence-corrected chi connectivity index (χ0v) is 11.5. The maximum atomic E-state index is 12.6. The molecule has 0 aromatic heterocycles. The molecule has 1 atom stereocenters. The van der Waals surface area contributed by atoms with E-state index in [1.54, 1.807) is 7.11 Å². The Morgan fingerprint density at radius 2 is 1.65 bits per heavy atom. The van der Waals surface area contributed by atoms with Crippen LogP contribution >= 0.6 is 0 Å².